The van der Waals surface area contributed by atoms with Crippen LogP contribution >= 0.6 is 0 Å². The minimum absolute atomic E-state index is 0.0813. The summed E-state index contributed by atoms with van der Waals surface area (Å²) in [4.78, 5) is 26.0. The molecule has 0 bridgehead atoms. The van der Waals surface area contributed by atoms with Crippen molar-refractivity contribution in [2.75, 3.05) is 16.8 Å². The van der Waals surface area contributed by atoms with E-state index >= 15 is 0 Å². The van der Waals surface area contributed by atoms with Crippen LogP contribution in [0.25, 0.3) is 0 Å². The third-order valence-corrected chi connectivity index (χ3v) is 3.94. The number of anilines is 2. The zero-order chi connectivity index (χ0) is 17.1. The number of nitrogens with zero attached hydrogens (tertiary/aromatic N) is 2. The molecule has 6 heteroatoms. The fraction of sp³-hybridized carbons (Fsp3) is 0.167. The summed E-state index contributed by atoms with van der Waals surface area (Å²) in [5.74, 6) is -1.40. The molecule has 24 heavy (non-hydrogen) atoms. The molecule has 2 amide bonds. The van der Waals surface area contributed by atoms with E-state index in [1.807, 2.05) is 6.07 Å². The highest BCUT2D eigenvalue weighted by atomic mass is 19.1. The molecule has 0 radical (unpaired) electrons. The van der Waals surface area contributed by atoms with Gasteiger partial charge in [0.25, 0.3) is 0 Å². The van der Waals surface area contributed by atoms with E-state index in [0.717, 1.165) is 0 Å². The molecule has 1 N–H and O–H groups in total. The van der Waals surface area contributed by atoms with Gasteiger partial charge in [-0.3, -0.25) is 9.59 Å². The molecular formula is C18H14FN3O2. The number of benzene rings is 2. The second-order valence-electron chi connectivity index (χ2n) is 5.53. The van der Waals surface area contributed by atoms with Gasteiger partial charge in [-0.15, -0.1) is 0 Å². The van der Waals surface area contributed by atoms with Crippen LogP contribution in [0.5, 0.6) is 0 Å². The molecule has 1 saturated heterocycles. The van der Waals surface area contributed by atoms with Crippen molar-refractivity contribution in [3.8, 4) is 6.07 Å². The van der Waals surface area contributed by atoms with Gasteiger partial charge in [-0.2, -0.15) is 5.26 Å². The van der Waals surface area contributed by atoms with Crippen LogP contribution in [0, 0.1) is 23.1 Å². The number of carbonyl (C=O) groups excluding carboxylic acids is 2. The lowest BCUT2D eigenvalue weighted by atomic mass is 10.1. The minimum atomic E-state index is -0.519. The van der Waals surface area contributed by atoms with Crippen molar-refractivity contribution in [3.05, 3.63) is 59.9 Å². The van der Waals surface area contributed by atoms with E-state index in [2.05, 4.69) is 5.32 Å². The molecular weight excluding hydrogens is 309 g/mol. The predicted molar refractivity (Wildman–Crippen MR) is 86.6 cm³/mol. The summed E-state index contributed by atoms with van der Waals surface area (Å²) in [6, 6.07) is 14.3. The zero-order valence-corrected chi connectivity index (χ0v) is 12.7. The highest BCUT2D eigenvalue weighted by molar-refractivity contribution is 6.03. The first kappa shape index (κ1) is 15.7. The molecule has 1 fully saturated rings. The maximum absolute atomic E-state index is 13.0. The van der Waals surface area contributed by atoms with Crippen molar-refractivity contribution < 1.29 is 14.0 Å². The van der Waals surface area contributed by atoms with Crippen LogP contribution in [-0.4, -0.2) is 18.4 Å². The summed E-state index contributed by atoms with van der Waals surface area (Å²) in [5.41, 5.74) is 1.36. The van der Waals surface area contributed by atoms with E-state index in [9.17, 15) is 14.0 Å². The summed E-state index contributed by atoms with van der Waals surface area (Å²) in [7, 11) is 0. The van der Waals surface area contributed by atoms with Crippen molar-refractivity contribution in [1.82, 2.24) is 0 Å². The topological polar surface area (TPSA) is 73.2 Å². The van der Waals surface area contributed by atoms with Crippen LogP contribution in [0.1, 0.15) is 12.0 Å². The minimum Gasteiger partial charge on any atom is -0.325 e. The molecule has 2 aromatic carbocycles. The molecule has 1 heterocycles. The van der Waals surface area contributed by atoms with E-state index in [1.54, 1.807) is 24.3 Å². The quantitative estimate of drug-likeness (QED) is 0.944. The molecule has 1 atom stereocenters. The number of nitriles is 1. The maximum atomic E-state index is 13.0. The van der Waals surface area contributed by atoms with E-state index in [-0.39, 0.29) is 30.6 Å². The van der Waals surface area contributed by atoms with Crippen LogP contribution in [0.2, 0.25) is 0 Å². The largest absolute Gasteiger partial charge is 0.325 e. The van der Waals surface area contributed by atoms with Crippen LogP contribution < -0.4 is 10.2 Å². The highest BCUT2D eigenvalue weighted by Gasteiger charge is 2.35. The SMILES string of the molecule is N#Cc1ccccc1NC(=O)[C@@H]1CC(=O)N(c2ccc(F)cc2)C1. The van der Waals surface area contributed by atoms with E-state index < -0.39 is 5.92 Å². The monoisotopic (exact) mass is 323 g/mol. The molecule has 3 rings (SSSR count). The first-order valence-electron chi connectivity index (χ1n) is 7.44. The van der Waals surface area contributed by atoms with Gasteiger partial charge in [0.1, 0.15) is 11.9 Å². The van der Waals surface area contributed by atoms with Crippen LogP contribution in [-0.2, 0) is 9.59 Å². The number of amides is 2. The number of hydrogen-bond donors (Lipinski definition) is 1. The Kier molecular flexibility index (Phi) is 4.25. The molecule has 1 aliphatic heterocycles. The van der Waals surface area contributed by atoms with Gasteiger partial charge in [0.2, 0.25) is 11.8 Å². The second-order valence-corrected chi connectivity index (χ2v) is 5.53. The van der Waals surface area contributed by atoms with Gasteiger partial charge >= 0.3 is 0 Å². The van der Waals surface area contributed by atoms with Gasteiger partial charge in [-0.1, -0.05) is 12.1 Å². The van der Waals surface area contributed by atoms with Gasteiger partial charge in [-0.25, -0.2) is 4.39 Å². The molecule has 120 valence electrons. The lowest BCUT2D eigenvalue weighted by Gasteiger charge is -2.16. The number of carbonyl (C=O) groups is 2. The Morgan fingerprint density at radius 1 is 1.21 bits per heavy atom. The fourth-order valence-corrected chi connectivity index (χ4v) is 2.68. The predicted octanol–water partition coefficient (Wildman–Crippen LogP) is 2.69. The Morgan fingerprint density at radius 3 is 2.62 bits per heavy atom. The van der Waals surface area contributed by atoms with E-state index in [0.29, 0.717) is 16.9 Å². The van der Waals surface area contributed by atoms with Gasteiger partial charge in [0.05, 0.1) is 17.2 Å². The Morgan fingerprint density at radius 2 is 1.92 bits per heavy atom. The van der Waals surface area contributed by atoms with Gasteiger partial charge in [-0.05, 0) is 36.4 Å². The number of hydrogen-bond acceptors (Lipinski definition) is 3. The number of rotatable bonds is 3. The highest BCUT2D eigenvalue weighted by Crippen LogP contribution is 2.26. The molecule has 5 nitrogen and oxygen atoms in total. The Bertz CT molecular complexity index is 827. The molecule has 0 unspecified atom stereocenters. The lowest BCUT2D eigenvalue weighted by molar-refractivity contribution is -0.122. The Balaban J connectivity index is 1.72. The molecule has 1 aliphatic rings. The maximum Gasteiger partial charge on any atom is 0.229 e. The lowest BCUT2D eigenvalue weighted by Crippen LogP contribution is -2.28. The van der Waals surface area contributed by atoms with Gasteiger partial charge in [0, 0.05) is 18.7 Å². The van der Waals surface area contributed by atoms with E-state index in [1.165, 1.54) is 29.2 Å². The first-order chi connectivity index (χ1) is 11.6. The molecule has 0 aromatic heterocycles. The zero-order valence-electron chi connectivity index (χ0n) is 12.7. The molecule has 0 saturated carbocycles. The average molecular weight is 323 g/mol. The summed E-state index contributed by atoms with van der Waals surface area (Å²) in [5, 5.41) is 11.8. The summed E-state index contributed by atoms with van der Waals surface area (Å²) in [6.07, 6.45) is 0.0813. The number of halogens is 1. The van der Waals surface area contributed by atoms with Crippen molar-refractivity contribution >= 4 is 23.2 Å². The van der Waals surface area contributed by atoms with Crippen molar-refractivity contribution in [2.24, 2.45) is 5.92 Å². The average Bonchev–Trinajstić information content (AvgIpc) is 2.98. The standard InChI is InChI=1S/C18H14FN3O2/c19-14-5-7-15(8-6-14)22-11-13(9-17(22)23)18(24)21-16-4-2-1-3-12(16)10-20/h1-8,13H,9,11H2,(H,21,24)/t13-/m1/s1. The van der Waals surface area contributed by atoms with Gasteiger partial charge < -0.3 is 10.2 Å². The normalized spacial score (nSPS) is 16.8. The smallest absolute Gasteiger partial charge is 0.229 e. The summed E-state index contributed by atoms with van der Waals surface area (Å²) in [6.45, 7) is 0.227. The van der Waals surface area contributed by atoms with Crippen LogP contribution in [0.3, 0.4) is 0 Å². The molecule has 2 aromatic rings. The van der Waals surface area contributed by atoms with E-state index in [4.69, 9.17) is 5.26 Å². The third-order valence-electron chi connectivity index (χ3n) is 3.94. The number of nitrogens with one attached hydrogen (secondary N) is 1. The second kappa shape index (κ2) is 6.50. The molecule has 0 aliphatic carbocycles. The van der Waals surface area contributed by atoms with Crippen molar-refractivity contribution in [2.45, 2.75) is 6.42 Å². The van der Waals surface area contributed by atoms with Gasteiger partial charge in [0.15, 0.2) is 0 Å². The van der Waals surface area contributed by atoms with Crippen LogP contribution in [0.4, 0.5) is 15.8 Å². The summed E-state index contributed by atoms with van der Waals surface area (Å²) < 4.78 is 13.0. The van der Waals surface area contributed by atoms with Crippen LogP contribution in [0.15, 0.2) is 48.5 Å². The Labute approximate surface area is 138 Å². The summed E-state index contributed by atoms with van der Waals surface area (Å²) >= 11 is 0. The molecule has 0 spiro atoms. The number of para-hydroxylation sites is 1. The third kappa shape index (κ3) is 3.10. The van der Waals surface area contributed by atoms with Crippen molar-refractivity contribution in [1.29, 1.82) is 5.26 Å². The Hall–Kier alpha value is -3.20. The van der Waals surface area contributed by atoms with Crippen molar-refractivity contribution in [3.63, 3.8) is 0 Å². The first-order valence-corrected chi connectivity index (χ1v) is 7.44. The fourth-order valence-electron chi connectivity index (χ4n) is 2.68.